The van der Waals surface area contributed by atoms with Crippen LogP contribution >= 0.6 is 11.6 Å². The van der Waals surface area contributed by atoms with E-state index in [1.54, 1.807) is 25.1 Å². The summed E-state index contributed by atoms with van der Waals surface area (Å²) in [6.07, 6.45) is 0.505. The number of nitrogens with zero attached hydrogens (tertiary/aromatic N) is 1. The third kappa shape index (κ3) is 3.14. The Kier molecular flexibility index (Phi) is 4.57. The Bertz CT molecular complexity index is 496. The summed E-state index contributed by atoms with van der Waals surface area (Å²) in [4.78, 5) is 11.2. The molecule has 0 aliphatic carbocycles. The van der Waals surface area contributed by atoms with Crippen molar-refractivity contribution in [2.75, 3.05) is 11.9 Å². The van der Waals surface area contributed by atoms with Crippen LogP contribution in [-0.2, 0) is 4.79 Å². The van der Waals surface area contributed by atoms with Gasteiger partial charge in [0.2, 0.25) is 0 Å². The molecule has 1 atom stereocenters. The maximum atomic E-state index is 11.2. The predicted octanol–water partition coefficient (Wildman–Crippen LogP) is 3.12. The topological polar surface area (TPSA) is 73.1 Å². The predicted molar refractivity (Wildman–Crippen MR) is 70.7 cm³/mol. The number of carboxylic acid groups (broad SMARTS) is 1. The number of carbonyl (C=O) groups is 1. The molecule has 18 heavy (non-hydrogen) atoms. The van der Waals surface area contributed by atoms with Gasteiger partial charge in [0, 0.05) is 11.6 Å². The quantitative estimate of drug-likeness (QED) is 0.859. The first-order chi connectivity index (χ1) is 8.42. The van der Waals surface area contributed by atoms with Crippen LogP contribution in [0.3, 0.4) is 0 Å². The normalized spacial score (nSPS) is 13.4. The summed E-state index contributed by atoms with van der Waals surface area (Å²) >= 11 is 5.79. The number of benzene rings is 1. The molecule has 1 rings (SSSR count). The Morgan fingerprint density at radius 2 is 2.28 bits per heavy atom. The van der Waals surface area contributed by atoms with Gasteiger partial charge in [0.25, 0.3) is 0 Å². The summed E-state index contributed by atoms with van der Waals surface area (Å²) in [5.74, 6) is -0.857. The van der Waals surface area contributed by atoms with Crippen LogP contribution < -0.4 is 5.32 Å². The van der Waals surface area contributed by atoms with Crippen LogP contribution in [0.5, 0.6) is 0 Å². The largest absolute Gasteiger partial charge is 0.481 e. The van der Waals surface area contributed by atoms with E-state index in [0.29, 0.717) is 22.7 Å². The zero-order valence-electron chi connectivity index (χ0n) is 10.3. The zero-order chi connectivity index (χ0) is 13.8. The molecule has 0 saturated heterocycles. The van der Waals surface area contributed by atoms with E-state index in [1.807, 2.05) is 13.0 Å². The zero-order valence-corrected chi connectivity index (χ0v) is 11.1. The standard InChI is InChI=1S/C13H15ClN2O2/c1-3-13(2,12(17)18)8-16-11-5-4-10(14)6-9(11)7-15/h4-6,16H,3,8H2,1-2H3,(H,17,18). The second kappa shape index (κ2) is 5.74. The first-order valence-electron chi connectivity index (χ1n) is 5.60. The molecule has 0 fully saturated rings. The highest BCUT2D eigenvalue weighted by Crippen LogP contribution is 2.25. The lowest BCUT2D eigenvalue weighted by atomic mass is 9.87. The first-order valence-corrected chi connectivity index (χ1v) is 5.97. The summed E-state index contributed by atoms with van der Waals surface area (Å²) < 4.78 is 0. The number of carboxylic acids is 1. The number of nitrogens with one attached hydrogen (secondary N) is 1. The van der Waals surface area contributed by atoms with Crippen molar-refractivity contribution >= 4 is 23.3 Å². The molecule has 0 aliphatic heterocycles. The molecule has 0 amide bonds. The van der Waals surface area contributed by atoms with Gasteiger partial charge in [-0.05, 0) is 31.5 Å². The van der Waals surface area contributed by atoms with Crippen LogP contribution in [0.15, 0.2) is 18.2 Å². The van der Waals surface area contributed by atoms with Crippen molar-refractivity contribution < 1.29 is 9.90 Å². The van der Waals surface area contributed by atoms with Gasteiger partial charge in [0.05, 0.1) is 16.7 Å². The fourth-order valence-electron chi connectivity index (χ4n) is 1.41. The molecule has 0 spiro atoms. The van der Waals surface area contributed by atoms with Gasteiger partial charge in [-0.15, -0.1) is 0 Å². The van der Waals surface area contributed by atoms with Crippen LogP contribution in [0.1, 0.15) is 25.8 Å². The molecule has 1 aromatic rings. The number of rotatable bonds is 5. The molecule has 0 bridgehead atoms. The summed E-state index contributed by atoms with van der Waals surface area (Å²) in [7, 11) is 0. The molecule has 96 valence electrons. The van der Waals surface area contributed by atoms with Crippen LogP contribution in [0.25, 0.3) is 0 Å². The summed E-state index contributed by atoms with van der Waals surface area (Å²) in [5.41, 5.74) is 0.154. The van der Waals surface area contributed by atoms with E-state index < -0.39 is 11.4 Å². The molecule has 2 N–H and O–H groups in total. The fourth-order valence-corrected chi connectivity index (χ4v) is 1.58. The van der Waals surface area contributed by atoms with Gasteiger partial charge in [-0.1, -0.05) is 18.5 Å². The summed E-state index contributed by atoms with van der Waals surface area (Å²) in [6, 6.07) is 6.92. The second-order valence-corrected chi connectivity index (χ2v) is 4.81. The third-order valence-electron chi connectivity index (χ3n) is 3.07. The molecule has 0 saturated carbocycles. The summed E-state index contributed by atoms with van der Waals surface area (Å²) in [6.45, 7) is 3.75. The van der Waals surface area contributed by atoms with Crippen molar-refractivity contribution in [1.29, 1.82) is 5.26 Å². The molecule has 0 aliphatic rings. The summed E-state index contributed by atoms with van der Waals surface area (Å²) in [5, 5.41) is 21.6. The van der Waals surface area contributed by atoms with Crippen molar-refractivity contribution in [3.63, 3.8) is 0 Å². The van der Waals surface area contributed by atoms with Gasteiger partial charge in [-0.2, -0.15) is 5.26 Å². The lowest BCUT2D eigenvalue weighted by molar-refractivity contribution is -0.147. The molecule has 5 heteroatoms. The Balaban J connectivity index is 2.87. The van der Waals surface area contributed by atoms with Crippen LogP contribution in [0.4, 0.5) is 5.69 Å². The number of anilines is 1. The van der Waals surface area contributed by atoms with Crippen LogP contribution in [0.2, 0.25) is 5.02 Å². The van der Waals surface area contributed by atoms with E-state index in [9.17, 15) is 4.79 Å². The average Bonchev–Trinajstić information content (AvgIpc) is 2.36. The molecular formula is C13H15ClN2O2. The van der Waals surface area contributed by atoms with E-state index in [2.05, 4.69) is 5.32 Å². The molecule has 0 radical (unpaired) electrons. The molecule has 4 nitrogen and oxygen atoms in total. The van der Waals surface area contributed by atoms with E-state index in [-0.39, 0.29) is 6.54 Å². The minimum Gasteiger partial charge on any atom is -0.481 e. The SMILES string of the molecule is CCC(C)(CNc1ccc(Cl)cc1C#N)C(=O)O. The Hall–Kier alpha value is -1.73. The van der Waals surface area contributed by atoms with Crippen LogP contribution in [0, 0.1) is 16.7 Å². The van der Waals surface area contributed by atoms with E-state index in [1.165, 1.54) is 0 Å². The van der Waals surface area contributed by atoms with Crippen molar-refractivity contribution in [2.45, 2.75) is 20.3 Å². The molecular weight excluding hydrogens is 252 g/mol. The Morgan fingerprint density at radius 1 is 1.61 bits per heavy atom. The maximum absolute atomic E-state index is 11.2. The monoisotopic (exact) mass is 266 g/mol. The molecule has 0 aromatic heterocycles. The van der Waals surface area contributed by atoms with Gasteiger partial charge in [-0.3, -0.25) is 4.79 Å². The van der Waals surface area contributed by atoms with Gasteiger partial charge in [0.15, 0.2) is 0 Å². The second-order valence-electron chi connectivity index (χ2n) is 4.37. The van der Waals surface area contributed by atoms with Gasteiger partial charge < -0.3 is 10.4 Å². The number of halogens is 1. The number of hydrogen-bond acceptors (Lipinski definition) is 3. The smallest absolute Gasteiger partial charge is 0.311 e. The minimum atomic E-state index is -0.857. The Morgan fingerprint density at radius 3 is 2.78 bits per heavy atom. The maximum Gasteiger partial charge on any atom is 0.311 e. The van der Waals surface area contributed by atoms with E-state index in [0.717, 1.165) is 0 Å². The molecule has 0 heterocycles. The third-order valence-corrected chi connectivity index (χ3v) is 3.30. The lowest BCUT2D eigenvalue weighted by Crippen LogP contribution is -2.34. The van der Waals surface area contributed by atoms with Crippen molar-refractivity contribution in [3.05, 3.63) is 28.8 Å². The van der Waals surface area contributed by atoms with E-state index in [4.69, 9.17) is 22.0 Å². The Labute approximate surface area is 111 Å². The highest BCUT2D eigenvalue weighted by Gasteiger charge is 2.30. The van der Waals surface area contributed by atoms with E-state index >= 15 is 0 Å². The average molecular weight is 267 g/mol. The molecule has 1 unspecified atom stereocenters. The highest BCUT2D eigenvalue weighted by molar-refractivity contribution is 6.30. The van der Waals surface area contributed by atoms with Crippen molar-refractivity contribution in [2.24, 2.45) is 5.41 Å². The first kappa shape index (κ1) is 14.3. The fraction of sp³-hybridized carbons (Fsp3) is 0.385. The van der Waals surface area contributed by atoms with Crippen molar-refractivity contribution in [1.82, 2.24) is 0 Å². The van der Waals surface area contributed by atoms with Gasteiger partial charge >= 0.3 is 5.97 Å². The number of nitriles is 1. The van der Waals surface area contributed by atoms with Gasteiger partial charge in [-0.25, -0.2) is 0 Å². The highest BCUT2D eigenvalue weighted by atomic mass is 35.5. The van der Waals surface area contributed by atoms with Gasteiger partial charge in [0.1, 0.15) is 6.07 Å². The van der Waals surface area contributed by atoms with Crippen LogP contribution in [-0.4, -0.2) is 17.6 Å². The lowest BCUT2D eigenvalue weighted by Gasteiger charge is -2.24. The van der Waals surface area contributed by atoms with Crippen molar-refractivity contribution in [3.8, 4) is 6.07 Å². The number of hydrogen-bond donors (Lipinski definition) is 2. The number of aliphatic carboxylic acids is 1. The molecule has 1 aromatic carbocycles. The minimum absolute atomic E-state index is 0.259.